The molecular formula is C18H22N4O2S. The van der Waals surface area contributed by atoms with Crippen LogP contribution in [-0.2, 0) is 4.79 Å². The number of nitrogens with one attached hydrogen (secondary N) is 2. The van der Waals surface area contributed by atoms with Gasteiger partial charge in [0.2, 0.25) is 5.91 Å². The molecule has 2 rings (SSSR count). The monoisotopic (exact) mass is 358 g/mol. The van der Waals surface area contributed by atoms with Gasteiger partial charge in [0, 0.05) is 5.56 Å². The highest BCUT2D eigenvalue weighted by atomic mass is 32.2. The van der Waals surface area contributed by atoms with Crippen molar-refractivity contribution in [2.45, 2.75) is 19.4 Å². The molecule has 0 aliphatic heterocycles. The highest BCUT2D eigenvalue weighted by molar-refractivity contribution is 7.98. The van der Waals surface area contributed by atoms with Crippen molar-refractivity contribution in [2.75, 3.05) is 23.1 Å². The van der Waals surface area contributed by atoms with Crippen molar-refractivity contribution in [1.82, 2.24) is 10.3 Å². The van der Waals surface area contributed by atoms with E-state index in [2.05, 4.69) is 15.6 Å². The summed E-state index contributed by atoms with van der Waals surface area (Å²) in [6, 6.07) is 9.92. The van der Waals surface area contributed by atoms with Crippen LogP contribution in [0.3, 0.4) is 0 Å². The lowest BCUT2D eigenvalue weighted by atomic mass is 10.1. The number of rotatable bonds is 7. The molecule has 25 heavy (non-hydrogen) atoms. The van der Waals surface area contributed by atoms with Gasteiger partial charge in [-0.2, -0.15) is 11.8 Å². The van der Waals surface area contributed by atoms with Gasteiger partial charge in [-0.3, -0.25) is 9.59 Å². The summed E-state index contributed by atoms with van der Waals surface area (Å²) >= 11 is 1.62. The predicted molar refractivity (Wildman–Crippen MR) is 103 cm³/mol. The van der Waals surface area contributed by atoms with Crippen molar-refractivity contribution in [2.24, 2.45) is 0 Å². The van der Waals surface area contributed by atoms with Crippen molar-refractivity contribution < 1.29 is 9.59 Å². The smallest absolute Gasteiger partial charge is 0.251 e. The summed E-state index contributed by atoms with van der Waals surface area (Å²) < 4.78 is 0. The molecule has 1 heterocycles. The molecule has 0 spiro atoms. The molecule has 0 bridgehead atoms. The molecule has 0 saturated carbocycles. The van der Waals surface area contributed by atoms with Crippen LogP contribution in [0.25, 0.3) is 0 Å². The molecule has 7 heteroatoms. The fourth-order valence-electron chi connectivity index (χ4n) is 2.24. The van der Waals surface area contributed by atoms with E-state index in [0.717, 1.165) is 11.3 Å². The molecule has 132 valence electrons. The lowest BCUT2D eigenvalue weighted by Gasteiger charge is -2.18. The Morgan fingerprint density at radius 2 is 2.08 bits per heavy atom. The number of thioether (sulfide) groups is 1. The zero-order chi connectivity index (χ0) is 18.2. The average molecular weight is 358 g/mol. The number of nitrogen functional groups attached to an aromatic ring is 1. The molecule has 0 saturated heterocycles. The number of carbonyl (C=O) groups excluding carboxylic acids is 2. The van der Waals surface area contributed by atoms with Crippen molar-refractivity contribution in [1.29, 1.82) is 0 Å². The van der Waals surface area contributed by atoms with Gasteiger partial charge in [0.05, 0.1) is 11.9 Å². The van der Waals surface area contributed by atoms with E-state index in [1.807, 2.05) is 25.3 Å². The first-order valence-corrected chi connectivity index (χ1v) is 9.28. The minimum absolute atomic E-state index is 0.264. The zero-order valence-electron chi connectivity index (χ0n) is 14.3. The van der Waals surface area contributed by atoms with Gasteiger partial charge >= 0.3 is 0 Å². The molecule has 6 nitrogen and oxygen atoms in total. The van der Waals surface area contributed by atoms with E-state index in [4.69, 9.17) is 5.73 Å². The number of pyridine rings is 1. The van der Waals surface area contributed by atoms with Gasteiger partial charge in [-0.1, -0.05) is 17.7 Å². The minimum atomic E-state index is -0.627. The second-order valence-electron chi connectivity index (χ2n) is 5.64. The van der Waals surface area contributed by atoms with Gasteiger partial charge < -0.3 is 16.4 Å². The summed E-state index contributed by atoms with van der Waals surface area (Å²) in [6.45, 7) is 1.92. The van der Waals surface area contributed by atoms with Crippen LogP contribution in [0.1, 0.15) is 22.3 Å². The Balaban J connectivity index is 2.07. The zero-order valence-corrected chi connectivity index (χ0v) is 15.1. The number of amides is 2. The van der Waals surface area contributed by atoms with Crippen molar-refractivity contribution in [3.63, 3.8) is 0 Å². The van der Waals surface area contributed by atoms with Crippen LogP contribution < -0.4 is 16.4 Å². The molecule has 0 radical (unpaired) electrons. The maximum absolute atomic E-state index is 12.5. The quantitative estimate of drug-likeness (QED) is 0.706. The number of hydrogen-bond acceptors (Lipinski definition) is 5. The largest absolute Gasteiger partial charge is 0.384 e. The number of carbonyl (C=O) groups is 2. The number of aryl methyl sites for hydroxylation is 1. The molecule has 2 aromatic rings. The lowest BCUT2D eigenvalue weighted by molar-refractivity contribution is -0.118. The van der Waals surface area contributed by atoms with E-state index in [1.54, 1.807) is 36.0 Å². The van der Waals surface area contributed by atoms with Crippen LogP contribution in [0.2, 0.25) is 0 Å². The van der Waals surface area contributed by atoms with Crippen LogP contribution in [-0.4, -0.2) is 34.8 Å². The van der Waals surface area contributed by atoms with E-state index < -0.39 is 6.04 Å². The van der Waals surface area contributed by atoms with Crippen LogP contribution >= 0.6 is 11.8 Å². The second kappa shape index (κ2) is 9.08. The molecule has 0 aliphatic rings. The molecule has 2 amide bonds. The van der Waals surface area contributed by atoms with Crippen LogP contribution in [0, 0.1) is 6.92 Å². The fourth-order valence-corrected chi connectivity index (χ4v) is 2.71. The average Bonchev–Trinajstić information content (AvgIpc) is 2.60. The summed E-state index contributed by atoms with van der Waals surface area (Å²) in [5.41, 5.74) is 7.61. The Morgan fingerprint density at radius 3 is 2.72 bits per heavy atom. The van der Waals surface area contributed by atoms with Crippen molar-refractivity contribution in [3.05, 3.63) is 53.7 Å². The molecule has 1 atom stereocenters. The van der Waals surface area contributed by atoms with Crippen LogP contribution in [0.15, 0.2) is 42.6 Å². The number of aromatic nitrogens is 1. The second-order valence-corrected chi connectivity index (χ2v) is 6.62. The molecule has 4 N–H and O–H groups in total. The summed E-state index contributed by atoms with van der Waals surface area (Å²) in [6.07, 6.45) is 3.98. The van der Waals surface area contributed by atoms with Gasteiger partial charge in [0.1, 0.15) is 11.9 Å². The molecule has 1 aromatic carbocycles. The van der Waals surface area contributed by atoms with E-state index in [1.165, 1.54) is 6.20 Å². The Bertz CT molecular complexity index is 734. The third-order valence-corrected chi connectivity index (χ3v) is 4.21. The van der Waals surface area contributed by atoms with Gasteiger partial charge in [-0.05, 0) is 49.6 Å². The van der Waals surface area contributed by atoms with Gasteiger partial charge in [0.15, 0.2) is 0 Å². The van der Waals surface area contributed by atoms with E-state index in [0.29, 0.717) is 23.5 Å². The van der Waals surface area contributed by atoms with Crippen molar-refractivity contribution in [3.8, 4) is 0 Å². The predicted octanol–water partition coefficient (Wildman–Crippen LogP) is 2.46. The Morgan fingerprint density at radius 1 is 1.28 bits per heavy atom. The van der Waals surface area contributed by atoms with Gasteiger partial charge in [-0.15, -0.1) is 0 Å². The standard InChI is InChI=1S/C18H22N4O2S/c1-12-4-3-5-13(10-12)17(23)22-15(8-9-25-2)18(24)21-14-6-7-16(19)20-11-14/h3-7,10-11,15H,8-9H2,1-2H3,(H2,19,20)(H,21,24)(H,22,23). The van der Waals surface area contributed by atoms with E-state index >= 15 is 0 Å². The Kier molecular flexibility index (Phi) is 6.82. The lowest BCUT2D eigenvalue weighted by Crippen LogP contribution is -2.44. The first kappa shape index (κ1) is 18.8. The minimum Gasteiger partial charge on any atom is -0.384 e. The highest BCUT2D eigenvalue weighted by Gasteiger charge is 2.21. The third-order valence-electron chi connectivity index (χ3n) is 3.57. The van der Waals surface area contributed by atoms with Crippen molar-refractivity contribution >= 4 is 35.1 Å². The van der Waals surface area contributed by atoms with Crippen LogP contribution in [0.4, 0.5) is 11.5 Å². The number of hydrogen-bond donors (Lipinski definition) is 3. The molecule has 1 aromatic heterocycles. The first-order chi connectivity index (χ1) is 12.0. The summed E-state index contributed by atoms with van der Waals surface area (Å²) in [5.74, 6) is 0.596. The summed E-state index contributed by atoms with van der Waals surface area (Å²) in [7, 11) is 0. The highest BCUT2D eigenvalue weighted by Crippen LogP contribution is 2.11. The first-order valence-electron chi connectivity index (χ1n) is 7.88. The number of benzene rings is 1. The number of anilines is 2. The van der Waals surface area contributed by atoms with E-state index in [-0.39, 0.29) is 11.8 Å². The normalized spacial score (nSPS) is 11.6. The topological polar surface area (TPSA) is 97.1 Å². The molecule has 0 aliphatic carbocycles. The van der Waals surface area contributed by atoms with Gasteiger partial charge in [0.25, 0.3) is 5.91 Å². The maximum atomic E-state index is 12.5. The maximum Gasteiger partial charge on any atom is 0.251 e. The fraction of sp³-hybridized carbons (Fsp3) is 0.278. The molecule has 1 unspecified atom stereocenters. The molecular weight excluding hydrogens is 336 g/mol. The summed E-state index contributed by atoms with van der Waals surface area (Å²) in [5, 5.41) is 5.58. The SMILES string of the molecule is CSCCC(NC(=O)c1cccc(C)c1)C(=O)Nc1ccc(N)nc1. The summed E-state index contributed by atoms with van der Waals surface area (Å²) in [4.78, 5) is 28.9. The van der Waals surface area contributed by atoms with Crippen LogP contribution in [0.5, 0.6) is 0 Å². The molecule has 0 fully saturated rings. The number of nitrogens with zero attached hydrogens (tertiary/aromatic N) is 1. The van der Waals surface area contributed by atoms with E-state index in [9.17, 15) is 9.59 Å². The Hall–Kier alpha value is -2.54. The number of nitrogens with two attached hydrogens (primary N) is 1. The Labute approximate surface area is 151 Å². The van der Waals surface area contributed by atoms with Gasteiger partial charge in [-0.25, -0.2) is 4.98 Å². The third kappa shape index (κ3) is 5.79.